The molecule has 0 bridgehead atoms. The summed E-state index contributed by atoms with van der Waals surface area (Å²) in [5, 5.41) is 5.95. The molecule has 2 N–H and O–H groups in total. The minimum Gasteiger partial charge on any atom is -0.462 e. The van der Waals surface area contributed by atoms with Crippen LogP contribution in [-0.2, 0) is 9.53 Å². The first-order chi connectivity index (χ1) is 12.0. The first kappa shape index (κ1) is 18.4. The SMILES string of the molecule is CCOC(=O)c1ccc(Nc2ccc(NC(=O)CC(C)C)cn2)cc1. The van der Waals surface area contributed by atoms with Gasteiger partial charge in [0.05, 0.1) is 24.1 Å². The molecule has 132 valence electrons. The van der Waals surface area contributed by atoms with Crippen molar-refractivity contribution < 1.29 is 14.3 Å². The quantitative estimate of drug-likeness (QED) is 0.744. The molecule has 0 saturated heterocycles. The van der Waals surface area contributed by atoms with E-state index in [0.717, 1.165) is 5.69 Å². The predicted molar refractivity (Wildman–Crippen MR) is 98.0 cm³/mol. The van der Waals surface area contributed by atoms with Crippen LogP contribution < -0.4 is 10.6 Å². The Morgan fingerprint density at radius 2 is 1.76 bits per heavy atom. The van der Waals surface area contributed by atoms with Gasteiger partial charge in [-0.15, -0.1) is 0 Å². The third-order valence-corrected chi connectivity index (χ3v) is 3.31. The van der Waals surface area contributed by atoms with Crippen LogP contribution in [0.5, 0.6) is 0 Å². The summed E-state index contributed by atoms with van der Waals surface area (Å²) in [6.45, 7) is 6.12. The molecule has 0 aliphatic carbocycles. The number of nitrogens with zero attached hydrogens (tertiary/aromatic N) is 1. The van der Waals surface area contributed by atoms with E-state index in [1.54, 1.807) is 49.5 Å². The summed E-state index contributed by atoms with van der Waals surface area (Å²) < 4.78 is 4.95. The maximum atomic E-state index is 11.7. The van der Waals surface area contributed by atoms with E-state index in [4.69, 9.17) is 4.74 Å². The van der Waals surface area contributed by atoms with Gasteiger partial charge in [-0.05, 0) is 49.2 Å². The second kappa shape index (κ2) is 8.82. The van der Waals surface area contributed by atoms with E-state index in [-0.39, 0.29) is 11.9 Å². The van der Waals surface area contributed by atoms with Gasteiger partial charge in [0.2, 0.25) is 5.91 Å². The van der Waals surface area contributed by atoms with Crippen molar-refractivity contribution in [3.8, 4) is 0 Å². The molecule has 0 saturated carbocycles. The van der Waals surface area contributed by atoms with Crippen molar-refractivity contribution in [3.05, 3.63) is 48.2 Å². The Morgan fingerprint density at radius 1 is 1.08 bits per heavy atom. The number of benzene rings is 1. The Balaban J connectivity index is 1.94. The Labute approximate surface area is 147 Å². The summed E-state index contributed by atoms with van der Waals surface area (Å²) in [7, 11) is 0. The largest absolute Gasteiger partial charge is 0.462 e. The van der Waals surface area contributed by atoms with Crippen LogP contribution >= 0.6 is 0 Å². The molecule has 0 aliphatic rings. The van der Waals surface area contributed by atoms with Crippen LogP contribution in [0.1, 0.15) is 37.6 Å². The van der Waals surface area contributed by atoms with E-state index in [2.05, 4.69) is 15.6 Å². The second-order valence-corrected chi connectivity index (χ2v) is 6.00. The Hall–Kier alpha value is -2.89. The van der Waals surface area contributed by atoms with Crippen LogP contribution in [0.2, 0.25) is 0 Å². The van der Waals surface area contributed by atoms with Gasteiger partial charge in [0.1, 0.15) is 5.82 Å². The predicted octanol–water partition coefficient (Wildman–Crippen LogP) is 3.99. The summed E-state index contributed by atoms with van der Waals surface area (Å²) in [6.07, 6.45) is 2.08. The summed E-state index contributed by atoms with van der Waals surface area (Å²) in [4.78, 5) is 27.6. The number of hydrogen-bond donors (Lipinski definition) is 2. The molecule has 2 aromatic rings. The standard InChI is InChI=1S/C19H23N3O3/c1-4-25-19(24)14-5-7-15(8-6-14)21-17-10-9-16(12-20-17)22-18(23)11-13(2)3/h5-10,12-13H,4,11H2,1-3H3,(H,20,21)(H,22,23). The molecule has 1 amide bonds. The van der Waals surface area contributed by atoms with Crippen molar-refractivity contribution in [2.45, 2.75) is 27.2 Å². The number of amides is 1. The van der Waals surface area contributed by atoms with Crippen LogP contribution in [-0.4, -0.2) is 23.5 Å². The van der Waals surface area contributed by atoms with Gasteiger partial charge in [-0.25, -0.2) is 9.78 Å². The highest BCUT2D eigenvalue weighted by Gasteiger charge is 2.07. The molecule has 2 rings (SSSR count). The minimum absolute atomic E-state index is 0.0212. The van der Waals surface area contributed by atoms with Crippen molar-refractivity contribution >= 4 is 29.1 Å². The fourth-order valence-electron chi connectivity index (χ4n) is 2.18. The lowest BCUT2D eigenvalue weighted by atomic mass is 10.1. The van der Waals surface area contributed by atoms with E-state index in [9.17, 15) is 9.59 Å². The summed E-state index contributed by atoms with van der Waals surface area (Å²) in [5.74, 6) is 0.595. The van der Waals surface area contributed by atoms with Gasteiger partial charge < -0.3 is 15.4 Å². The van der Waals surface area contributed by atoms with Crippen LogP contribution in [0.4, 0.5) is 17.2 Å². The lowest BCUT2D eigenvalue weighted by molar-refractivity contribution is -0.116. The molecule has 1 aromatic heterocycles. The Kier molecular flexibility index (Phi) is 6.51. The molecule has 25 heavy (non-hydrogen) atoms. The number of ether oxygens (including phenoxy) is 1. The number of nitrogens with one attached hydrogen (secondary N) is 2. The highest BCUT2D eigenvalue weighted by atomic mass is 16.5. The monoisotopic (exact) mass is 341 g/mol. The zero-order valence-corrected chi connectivity index (χ0v) is 14.7. The van der Waals surface area contributed by atoms with Crippen molar-refractivity contribution in [2.75, 3.05) is 17.2 Å². The van der Waals surface area contributed by atoms with Crippen molar-refractivity contribution in [1.29, 1.82) is 0 Å². The number of rotatable bonds is 7. The van der Waals surface area contributed by atoms with E-state index in [1.807, 2.05) is 13.8 Å². The minimum atomic E-state index is -0.339. The van der Waals surface area contributed by atoms with Crippen molar-refractivity contribution in [2.24, 2.45) is 5.92 Å². The van der Waals surface area contributed by atoms with Gasteiger partial charge in [-0.2, -0.15) is 0 Å². The Morgan fingerprint density at radius 3 is 2.32 bits per heavy atom. The maximum absolute atomic E-state index is 11.7. The number of aromatic nitrogens is 1. The van der Waals surface area contributed by atoms with Gasteiger partial charge in [-0.3, -0.25) is 4.79 Å². The van der Waals surface area contributed by atoms with Crippen molar-refractivity contribution in [1.82, 2.24) is 4.98 Å². The van der Waals surface area contributed by atoms with Gasteiger partial charge >= 0.3 is 5.97 Å². The molecule has 6 nitrogen and oxygen atoms in total. The molecule has 0 atom stereocenters. The zero-order chi connectivity index (χ0) is 18.2. The molecule has 0 fully saturated rings. The van der Waals surface area contributed by atoms with E-state index in [1.165, 1.54) is 0 Å². The molecular formula is C19H23N3O3. The lowest BCUT2D eigenvalue weighted by Crippen LogP contribution is -2.13. The molecule has 0 aliphatic heterocycles. The molecule has 0 radical (unpaired) electrons. The zero-order valence-electron chi connectivity index (χ0n) is 14.7. The fourth-order valence-corrected chi connectivity index (χ4v) is 2.18. The fraction of sp³-hybridized carbons (Fsp3) is 0.316. The molecule has 1 aromatic carbocycles. The smallest absolute Gasteiger partial charge is 0.338 e. The van der Waals surface area contributed by atoms with Crippen molar-refractivity contribution in [3.63, 3.8) is 0 Å². The number of anilines is 3. The van der Waals surface area contributed by atoms with Gasteiger partial charge in [0, 0.05) is 12.1 Å². The van der Waals surface area contributed by atoms with E-state index < -0.39 is 0 Å². The molecule has 0 spiro atoms. The van der Waals surface area contributed by atoms with E-state index >= 15 is 0 Å². The van der Waals surface area contributed by atoms with Gasteiger partial charge in [0.25, 0.3) is 0 Å². The highest BCUT2D eigenvalue weighted by Crippen LogP contribution is 2.17. The molecule has 0 unspecified atom stereocenters. The number of carbonyl (C=O) groups is 2. The number of pyridine rings is 1. The number of esters is 1. The Bertz CT molecular complexity index is 710. The maximum Gasteiger partial charge on any atom is 0.338 e. The first-order valence-electron chi connectivity index (χ1n) is 8.28. The normalized spacial score (nSPS) is 10.4. The molecule has 1 heterocycles. The third-order valence-electron chi connectivity index (χ3n) is 3.31. The van der Waals surface area contributed by atoms with Crippen LogP contribution in [0.3, 0.4) is 0 Å². The van der Waals surface area contributed by atoms with Gasteiger partial charge in [0.15, 0.2) is 0 Å². The van der Waals surface area contributed by atoms with E-state index in [0.29, 0.717) is 36.0 Å². The summed E-state index contributed by atoms with van der Waals surface area (Å²) >= 11 is 0. The number of carbonyl (C=O) groups excluding carboxylic acids is 2. The van der Waals surface area contributed by atoms with Crippen LogP contribution in [0, 0.1) is 5.92 Å². The second-order valence-electron chi connectivity index (χ2n) is 6.00. The average Bonchev–Trinajstić information content (AvgIpc) is 2.57. The summed E-state index contributed by atoms with van der Waals surface area (Å²) in [5.41, 5.74) is 1.97. The average molecular weight is 341 g/mol. The summed E-state index contributed by atoms with van der Waals surface area (Å²) in [6, 6.07) is 10.5. The van der Waals surface area contributed by atoms with Crippen LogP contribution in [0.15, 0.2) is 42.6 Å². The molecular weight excluding hydrogens is 318 g/mol. The first-order valence-corrected chi connectivity index (χ1v) is 8.28. The molecule has 6 heteroatoms. The topological polar surface area (TPSA) is 80.3 Å². The number of hydrogen-bond acceptors (Lipinski definition) is 5. The van der Waals surface area contributed by atoms with Gasteiger partial charge in [-0.1, -0.05) is 13.8 Å². The van der Waals surface area contributed by atoms with Crippen LogP contribution in [0.25, 0.3) is 0 Å². The highest BCUT2D eigenvalue weighted by molar-refractivity contribution is 5.91. The lowest BCUT2D eigenvalue weighted by Gasteiger charge is -2.09. The third kappa shape index (κ3) is 5.91.